The average Bonchev–Trinajstić information content (AvgIpc) is 1.41. The second-order valence-electron chi connectivity index (χ2n) is 0.266. The minimum atomic E-state index is -2.08. The minimum Gasteiger partial charge on any atom is -0.857 e. The van der Waals surface area contributed by atoms with E-state index < -0.39 is 6.16 Å². The summed E-state index contributed by atoms with van der Waals surface area (Å²) >= 11 is 0. The molecule has 0 aromatic rings. The Balaban J connectivity index is -0.0000000183. The Morgan fingerprint density at radius 1 is 1.50 bits per heavy atom. The van der Waals surface area contributed by atoms with Gasteiger partial charge in [0, 0.05) is 0 Å². The number of hydrogen-bond acceptors (Lipinski definition) is 3. The van der Waals surface area contributed by atoms with Crippen molar-refractivity contribution in [3.05, 3.63) is 0 Å². The topological polar surface area (TPSA) is 83.4 Å². The molecule has 0 aliphatic carbocycles. The van der Waals surface area contributed by atoms with Gasteiger partial charge >= 0.3 is 98.5 Å². The van der Waals surface area contributed by atoms with Crippen molar-refractivity contribution in [2.75, 3.05) is 7.11 Å². The normalized spacial score (nSPS) is 3.75. The fraction of sp³-hybridized carbons (Fsp3) is 0.500. The van der Waals surface area contributed by atoms with Crippen molar-refractivity contribution in [2.24, 2.45) is 0 Å². The molecule has 8 heavy (non-hydrogen) atoms. The first-order chi connectivity index (χ1) is 2.73. The van der Waals surface area contributed by atoms with Crippen molar-refractivity contribution >= 4 is 6.16 Å². The van der Waals surface area contributed by atoms with E-state index >= 15 is 0 Å². The minimum absolute atomic E-state index is 0. The van der Waals surface area contributed by atoms with Crippen LogP contribution in [0.3, 0.4) is 0 Å². The first-order valence-electron chi connectivity index (χ1n) is 1.04. The van der Waals surface area contributed by atoms with Gasteiger partial charge in [0.1, 0.15) is 0 Å². The van der Waals surface area contributed by atoms with E-state index in [2.05, 4.69) is 0 Å². The van der Waals surface area contributed by atoms with Crippen molar-refractivity contribution in [1.82, 2.24) is 0 Å². The molecule has 0 amide bonds. The van der Waals surface area contributed by atoms with Crippen molar-refractivity contribution in [3.8, 4) is 0 Å². The monoisotopic (exact) mass is 248 g/mol. The van der Waals surface area contributed by atoms with Gasteiger partial charge in [-0.2, -0.15) is 7.11 Å². The molecular weight excluding hydrogens is 244 g/mol. The van der Waals surface area contributed by atoms with Crippen molar-refractivity contribution in [2.45, 2.75) is 0 Å². The summed E-state index contributed by atoms with van der Waals surface area (Å²) in [5.41, 5.74) is 0. The molecule has 0 aromatic heterocycles. The van der Waals surface area contributed by atoms with Gasteiger partial charge in [-0.1, -0.05) is 0 Å². The van der Waals surface area contributed by atoms with E-state index in [4.69, 9.17) is 20.1 Å². The molecule has 4 nitrogen and oxygen atoms in total. The summed E-state index contributed by atoms with van der Waals surface area (Å²) in [5, 5.41) is 23.6. The van der Waals surface area contributed by atoms with Crippen LogP contribution < -0.4 is 109 Å². The molecule has 0 fully saturated rings. The molecule has 0 unspecified atom stereocenters. The molecule has 0 radical (unpaired) electrons. The molecule has 6 heteroatoms. The maximum Gasteiger partial charge on any atom is 1.00 e. The zero-order valence-electron chi connectivity index (χ0n) is 5.17. The van der Waals surface area contributed by atoms with Gasteiger partial charge in [-0.3, -0.25) is 0 Å². The van der Waals surface area contributed by atoms with Gasteiger partial charge in [0.2, 0.25) is 6.16 Å². The zero-order chi connectivity index (χ0) is 5.58. The van der Waals surface area contributed by atoms with Gasteiger partial charge in [-0.05, 0) is 0 Å². The quantitative estimate of drug-likeness (QED) is 0.431. The standard InChI is InChI=1S/CH2O3.CH3O.Cs.Na/c2-1(3)4;1-2;;/h(H2,2,3,4);1H3;;/q;-1;2*+1/p-1. The summed E-state index contributed by atoms with van der Waals surface area (Å²) in [6, 6.07) is 0. The fourth-order valence-electron chi connectivity index (χ4n) is 0. The van der Waals surface area contributed by atoms with E-state index in [0.717, 1.165) is 7.11 Å². The van der Waals surface area contributed by atoms with Crippen LogP contribution in [0.4, 0.5) is 4.79 Å². The molecule has 0 rings (SSSR count). The van der Waals surface area contributed by atoms with E-state index in [1.807, 2.05) is 0 Å². The van der Waals surface area contributed by atoms with Crippen LogP contribution in [-0.2, 0) is 0 Å². The zero-order valence-corrected chi connectivity index (χ0v) is 13.5. The average molecular weight is 248 g/mol. The van der Waals surface area contributed by atoms with Crippen molar-refractivity contribution in [3.63, 3.8) is 0 Å². The van der Waals surface area contributed by atoms with Crippen LogP contribution in [0.5, 0.6) is 0 Å². The molecule has 0 aliphatic heterocycles. The Labute approximate surface area is 128 Å². The summed E-state index contributed by atoms with van der Waals surface area (Å²) in [6.45, 7) is 0. The summed E-state index contributed by atoms with van der Waals surface area (Å²) in [4.78, 5) is 8.44. The van der Waals surface area contributed by atoms with E-state index in [-0.39, 0.29) is 98.5 Å². The van der Waals surface area contributed by atoms with Crippen LogP contribution in [0.25, 0.3) is 0 Å². The Bertz CT molecular complexity index is 37.0. The van der Waals surface area contributed by atoms with Crippen LogP contribution in [0.2, 0.25) is 0 Å². The summed E-state index contributed by atoms with van der Waals surface area (Å²) in [6.07, 6.45) is -2.08. The molecule has 0 atom stereocenters. The fourth-order valence-corrected chi connectivity index (χ4v) is 0. The molecule has 38 valence electrons. The smallest absolute Gasteiger partial charge is 0.857 e. The third-order valence-corrected chi connectivity index (χ3v) is 0. The van der Waals surface area contributed by atoms with E-state index in [1.165, 1.54) is 0 Å². The summed E-state index contributed by atoms with van der Waals surface area (Å²) in [7, 11) is 0.750. The first-order valence-corrected chi connectivity index (χ1v) is 1.04. The van der Waals surface area contributed by atoms with Gasteiger partial charge in [0.15, 0.2) is 0 Å². The van der Waals surface area contributed by atoms with Gasteiger partial charge in [0.05, 0.1) is 0 Å². The Morgan fingerprint density at radius 3 is 1.50 bits per heavy atom. The van der Waals surface area contributed by atoms with E-state index in [0.29, 0.717) is 0 Å². The molecule has 0 bridgehead atoms. The summed E-state index contributed by atoms with van der Waals surface area (Å²) < 4.78 is 0. The van der Waals surface area contributed by atoms with Gasteiger partial charge < -0.3 is 20.1 Å². The molecule has 0 saturated carbocycles. The Hall–Kier alpha value is 2.28. The molecule has 0 aromatic carbocycles. The van der Waals surface area contributed by atoms with Crippen LogP contribution in [-0.4, -0.2) is 18.4 Å². The Morgan fingerprint density at radius 2 is 1.50 bits per heavy atom. The Kier molecular flexibility index (Phi) is 64.0. The predicted molar refractivity (Wildman–Crippen MR) is 13.9 cm³/mol. The first kappa shape index (κ1) is 22.4. The van der Waals surface area contributed by atoms with Crippen LogP contribution in [0.1, 0.15) is 0 Å². The van der Waals surface area contributed by atoms with Gasteiger partial charge in [0.25, 0.3) is 0 Å². The SMILES string of the molecule is C[O-].O=C([O-])O.[Cs+].[Na+]. The molecular formula is C2H4CsNaO4. The van der Waals surface area contributed by atoms with Crippen molar-refractivity contribution < 1.29 is 119 Å². The molecule has 0 heterocycles. The maximum absolute atomic E-state index is 8.44. The largest absolute Gasteiger partial charge is 1.00 e. The third-order valence-electron chi connectivity index (χ3n) is 0. The van der Waals surface area contributed by atoms with E-state index in [9.17, 15) is 0 Å². The number of carboxylic acid groups (broad SMARTS) is 2. The number of hydrogen-bond donors (Lipinski definition) is 1. The number of rotatable bonds is 0. The van der Waals surface area contributed by atoms with E-state index in [1.54, 1.807) is 0 Å². The predicted octanol–water partition coefficient (Wildman–Crippen LogP) is -8.13. The second-order valence-corrected chi connectivity index (χ2v) is 0.266. The maximum atomic E-state index is 8.44. The van der Waals surface area contributed by atoms with Crippen LogP contribution in [0, 0.1) is 0 Å². The van der Waals surface area contributed by atoms with Gasteiger partial charge in [-0.25, -0.2) is 0 Å². The van der Waals surface area contributed by atoms with Crippen LogP contribution in [0.15, 0.2) is 0 Å². The van der Waals surface area contributed by atoms with Crippen molar-refractivity contribution in [1.29, 1.82) is 0 Å². The summed E-state index contributed by atoms with van der Waals surface area (Å²) in [5.74, 6) is 0. The second kappa shape index (κ2) is 22.8. The molecule has 0 spiro atoms. The van der Waals surface area contributed by atoms with Gasteiger partial charge in [-0.15, -0.1) is 0 Å². The molecule has 1 N–H and O–H groups in total. The molecule has 0 aliphatic rings. The molecule has 0 saturated heterocycles. The number of carbonyl (C=O) groups is 1. The van der Waals surface area contributed by atoms with Crippen LogP contribution >= 0.6 is 0 Å². The third kappa shape index (κ3) is 84.3.